The molecular formula is C48H96CaN2O4. The van der Waals surface area contributed by atoms with Crippen molar-refractivity contribution in [1.82, 2.24) is 9.80 Å². The minimum absolute atomic E-state index is 0. The van der Waals surface area contributed by atoms with E-state index in [9.17, 15) is 19.8 Å². The van der Waals surface area contributed by atoms with Gasteiger partial charge < -0.3 is 29.6 Å². The topological polar surface area (TPSA) is 86.7 Å². The second-order valence-electron chi connectivity index (χ2n) is 16.6. The minimum Gasteiger partial charge on any atom is -0.550 e. The van der Waals surface area contributed by atoms with Gasteiger partial charge in [-0.1, -0.05) is 196 Å². The number of hydrogen-bond acceptors (Lipinski definition) is 6. The van der Waals surface area contributed by atoms with Gasteiger partial charge in [-0.25, -0.2) is 0 Å². The monoisotopic (exact) mass is 805 g/mol. The van der Waals surface area contributed by atoms with Gasteiger partial charge in [-0.05, 0) is 90.4 Å². The first-order chi connectivity index (χ1) is 26.3. The number of aliphatic carboxylic acids is 2. The fraction of sp³-hybridized carbons (Fsp3) is 0.958. The molecule has 7 heteroatoms. The van der Waals surface area contributed by atoms with Crippen molar-refractivity contribution in [3.05, 3.63) is 0 Å². The first kappa shape index (κ1) is 59.4. The average molecular weight is 805 g/mol. The number of unbranched alkanes of at least 4 members (excludes halogenated alkanes) is 22. The summed E-state index contributed by atoms with van der Waals surface area (Å²) in [4.78, 5) is 27.2. The molecule has 0 saturated carbocycles. The van der Waals surface area contributed by atoms with Gasteiger partial charge >= 0.3 is 37.7 Å². The summed E-state index contributed by atoms with van der Waals surface area (Å²) < 4.78 is 0. The summed E-state index contributed by atoms with van der Waals surface area (Å²) in [6.45, 7) is 18.1. The standard InChI is InChI=1S/2C24H49NO2.Ca/c2*1-4-7-10-12-14-16-21-25(22-17-15-13-11-8-5-2)23(18-9-6-3)19-20-24(26)27;/h2*23H,4-22H2,1-3H3,(H,26,27);/q;;+2/p-2. The van der Waals surface area contributed by atoms with E-state index < -0.39 is 11.9 Å². The van der Waals surface area contributed by atoms with E-state index in [-0.39, 0.29) is 50.6 Å². The fourth-order valence-electron chi connectivity index (χ4n) is 7.80. The van der Waals surface area contributed by atoms with Gasteiger partial charge in [0.2, 0.25) is 0 Å². The van der Waals surface area contributed by atoms with Crippen LogP contribution in [-0.4, -0.2) is 97.7 Å². The van der Waals surface area contributed by atoms with E-state index in [0.29, 0.717) is 12.1 Å². The van der Waals surface area contributed by atoms with Crippen LogP contribution in [-0.2, 0) is 9.59 Å². The zero-order valence-electron chi connectivity index (χ0n) is 38.3. The Morgan fingerprint density at radius 1 is 0.345 bits per heavy atom. The van der Waals surface area contributed by atoms with E-state index in [1.165, 1.54) is 180 Å². The summed E-state index contributed by atoms with van der Waals surface area (Å²) in [5.41, 5.74) is 0. The average Bonchev–Trinajstić information content (AvgIpc) is 3.16. The maximum atomic E-state index is 11.0. The zero-order valence-corrected chi connectivity index (χ0v) is 40.5. The van der Waals surface area contributed by atoms with Crippen molar-refractivity contribution in [3.8, 4) is 0 Å². The number of carboxylic acid groups (broad SMARTS) is 2. The van der Waals surface area contributed by atoms with E-state index in [4.69, 9.17) is 0 Å². The van der Waals surface area contributed by atoms with Gasteiger partial charge in [-0.3, -0.25) is 0 Å². The molecule has 0 amide bonds. The van der Waals surface area contributed by atoms with Gasteiger partial charge in [-0.15, -0.1) is 0 Å². The largest absolute Gasteiger partial charge is 2.00 e. The second-order valence-corrected chi connectivity index (χ2v) is 16.6. The molecule has 0 bridgehead atoms. The van der Waals surface area contributed by atoms with Crippen molar-refractivity contribution in [2.75, 3.05) is 26.2 Å². The zero-order chi connectivity index (χ0) is 40.3. The van der Waals surface area contributed by atoms with Gasteiger partial charge in [0.25, 0.3) is 0 Å². The molecule has 2 atom stereocenters. The third kappa shape index (κ3) is 43.5. The molecule has 0 rings (SSSR count). The van der Waals surface area contributed by atoms with E-state index >= 15 is 0 Å². The number of carbonyl (C=O) groups is 2. The molecule has 0 aliphatic rings. The Bertz CT molecular complexity index is 676. The number of nitrogens with zero attached hydrogens (tertiary/aromatic N) is 2. The Labute approximate surface area is 374 Å². The molecular weight excluding hydrogens is 709 g/mol. The van der Waals surface area contributed by atoms with E-state index in [2.05, 4.69) is 51.3 Å². The quantitative estimate of drug-likeness (QED) is 0.0451. The van der Waals surface area contributed by atoms with Crippen LogP contribution in [0.1, 0.15) is 260 Å². The molecule has 0 aliphatic carbocycles. The summed E-state index contributed by atoms with van der Waals surface area (Å²) in [5, 5.41) is 22.0. The number of rotatable bonds is 42. The number of carbonyl (C=O) groups excluding carboxylic acids is 2. The van der Waals surface area contributed by atoms with Crippen LogP contribution >= 0.6 is 0 Å². The van der Waals surface area contributed by atoms with Crippen LogP contribution in [0.3, 0.4) is 0 Å². The van der Waals surface area contributed by atoms with Crippen LogP contribution in [0, 0.1) is 0 Å². The summed E-state index contributed by atoms with van der Waals surface area (Å²) in [6, 6.07) is 0.850. The molecule has 2 unspecified atom stereocenters. The number of carboxylic acids is 2. The van der Waals surface area contributed by atoms with Gasteiger partial charge in [-0.2, -0.15) is 0 Å². The minimum atomic E-state index is -0.893. The summed E-state index contributed by atoms with van der Waals surface area (Å²) >= 11 is 0. The van der Waals surface area contributed by atoms with Crippen molar-refractivity contribution >= 4 is 49.7 Å². The van der Waals surface area contributed by atoms with Crippen LogP contribution < -0.4 is 10.2 Å². The molecule has 0 aromatic carbocycles. The van der Waals surface area contributed by atoms with Crippen LogP contribution in [0.25, 0.3) is 0 Å². The molecule has 0 heterocycles. The van der Waals surface area contributed by atoms with Gasteiger partial charge in [0.15, 0.2) is 0 Å². The molecule has 0 aromatic rings. The van der Waals surface area contributed by atoms with Crippen molar-refractivity contribution in [3.63, 3.8) is 0 Å². The molecule has 55 heavy (non-hydrogen) atoms. The summed E-state index contributed by atoms with van der Waals surface area (Å²) in [5.74, 6) is -1.79. The maximum absolute atomic E-state index is 11.0. The molecule has 0 N–H and O–H groups in total. The van der Waals surface area contributed by atoms with Crippen LogP contribution in [0.5, 0.6) is 0 Å². The van der Waals surface area contributed by atoms with Gasteiger partial charge in [0.1, 0.15) is 0 Å². The Kier molecular flexibility index (Phi) is 52.4. The fourth-order valence-corrected chi connectivity index (χ4v) is 7.80. The molecule has 0 saturated heterocycles. The van der Waals surface area contributed by atoms with Crippen molar-refractivity contribution in [2.24, 2.45) is 0 Å². The molecule has 0 aliphatic heterocycles. The predicted molar refractivity (Wildman–Crippen MR) is 238 cm³/mol. The second kappa shape index (κ2) is 48.5. The SMILES string of the molecule is CCCCCCCCN(CCCCCCCC)C(CCCC)CCC(=O)[O-].CCCCCCCCN(CCCCCCCC)C(CCCC)CCC(=O)[O-].[Ca+2]. The van der Waals surface area contributed by atoms with E-state index in [1.54, 1.807) is 0 Å². The molecule has 0 spiro atoms. The van der Waals surface area contributed by atoms with Crippen LogP contribution in [0.2, 0.25) is 0 Å². The summed E-state index contributed by atoms with van der Waals surface area (Å²) in [7, 11) is 0. The van der Waals surface area contributed by atoms with E-state index in [1.807, 2.05) is 0 Å². The van der Waals surface area contributed by atoms with Crippen LogP contribution in [0.4, 0.5) is 0 Å². The molecule has 0 radical (unpaired) electrons. The smallest absolute Gasteiger partial charge is 0.550 e. The van der Waals surface area contributed by atoms with Crippen molar-refractivity contribution in [2.45, 2.75) is 272 Å². The van der Waals surface area contributed by atoms with Crippen molar-refractivity contribution < 1.29 is 19.8 Å². The molecule has 0 fully saturated rings. The van der Waals surface area contributed by atoms with Gasteiger partial charge in [0.05, 0.1) is 0 Å². The van der Waals surface area contributed by atoms with E-state index in [0.717, 1.165) is 51.9 Å². The predicted octanol–water partition coefficient (Wildman–Crippen LogP) is 11.8. The Hall–Kier alpha value is 0.120. The molecule has 324 valence electrons. The van der Waals surface area contributed by atoms with Gasteiger partial charge in [0, 0.05) is 24.0 Å². The normalized spacial score (nSPS) is 12.4. The Morgan fingerprint density at radius 2 is 0.564 bits per heavy atom. The Balaban J connectivity index is -0.000000966. The Morgan fingerprint density at radius 3 is 0.782 bits per heavy atom. The van der Waals surface area contributed by atoms with Crippen molar-refractivity contribution in [1.29, 1.82) is 0 Å². The molecule has 0 aromatic heterocycles. The maximum Gasteiger partial charge on any atom is 2.00 e. The molecule has 6 nitrogen and oxygen atoms in total. The first-order valence-electron chi connectivity index (χ1n) is 24.2. The first-order valence-corrected chi connectivity index (χ1v) is 24.2. The third-order valence-electron chi connectivity index (χ3n) is 11.4. The summed E-state index contributed by atoms with van der Waals surface area (Å²) in [6.07, 6.45) is 40.7. The number of hydrogen-bond donors (Lipinski definition) is 0. The van der Waals surface area contributed by atoms with Crippen LogP contribution in [0.15, 0.2) is 0 Å². The third-order valence-corrected chi connectivity index (χ3v) is 11.4.